The fraction of sp³-hybridized carbons (Fsp3) is 0.833. The molecule has 0 aromatic heterocycles. The smallest absolute Gasteiger partial charge is 0.240 e. The van der Waals surface area contributed by atoms with Gasteiger partial charge in [-0.1, -0.05) is 6.92 Å². The van der Waals surface area contributed by atoms with Gasteiger partial charge in [0.1, 0.15) is 0 Å². The number of rotatable bonds is 4. The van der Waals surface area contributed by atoms with Crippen molar-refractivity contribution in [1.82, 2.24) is 10.2 Å². The van der Waals surface area contributed by atoms with Gasteiger partial charge in [-0.15, -0.1) is 0 Å². The lowest BCUT2D eigenvalue weighted by atomic mass is 10.0. The van der Waals surface area contributed by atoms with Crippen LogP contribution >= 0.6 is 0 Å². The number of hydrogen-bond acceptors (Lipinski definition) is 3. The van der Waals surface area contributed by atoms with Crippen molar-refractivity contribution in [3.8, 4) is 6.07 Å². The van der Waals surface area contributed by atoms with Crippen LogP contribution in [0.25, 0.3) is 0 Å². The van der Waals surface area contributed by atoms with Crippen LogP contribution in [0.5, 0.6) is 0 Å². The summed E-state index contributed by atoms with van der Waals surface area (Å²) in [5.41, 5.74) is 0. The fourth-order valence-corrected chi connectivity index (χ4v) is 2.11. The number of carbonyl (C=O) groups is 1. The van der Waals surface area contributed by atoms with Crippen molar-refractivity contribution in [2.75, 3.05) is 19.6 Å². The Hall–Kier alpha value is -1.08. The number of likely N-dealkylation sites (N-methyl/N-ethyl adjacent to an activating group) is 1. The van der Waals surface area contributed by atoms with Crippen molar-refractivity contribution in [3.05, 3.63) is 0 Å². The lowest BCUT2D eigenvalue weighted by molar-refractivity contribution is -0.134. The van der Waals surface area contributed by atoms with E-state index in [0.29, 0.717) is 19.0 Å². The van der Waals surface area contributed by atoms with Crippen molar-refractivity contribution in [2.24, 2.45) is 11.8 Å². The van der Waals surface area contributed by atoms with Gasteiger partial charge in [0.15, 0.2) is 0 Å². The van der Waals surface area contributed by atoms with Crippen molar-refractivity contribution in [1.29, 1.82) is 5.26 Å². The van der Waals surface area contributed by atoms with Crippen molar-refractivity contribution in [3.63, 3.8) is 0 Å². The average molecular weight is 223 g/mol. The highest BCUT2D eigenvalue weighted by Gasteiger charge is 2.32. The van der Waals surface area contributed by atoms with Gasteiger partial charge < -0.3 is 10.2 Å². The van der Waals surface area contributed by atoms with Crippen molar-refractivity contribution >= 4 is 5.91 Å². The molecule has 3 atom stereocenters. The van der Waals surface area contributed by atoms with Gasteiger partial charge >= 0.3 is 0 Å². The fourth-order valence-electron chi connectivity index (χ4n) is 2.11. The number of nitrogens with zero attached hydrogens (tertiary/aromatic N) is 2. The molecule has 0 bridgehead atoms. The molecular formula is C12H21N3O. The minimum absolute atomic E-state index is 0.0501. The number of amides is 1. The maximum atomic E-state index is 12.2. The number of nitriles is 1. The van der Waals surface area contributed by atoms with E-state index in [9.17, 15) is 4.79 Å². The molecule has 0 aromatic rings. The predicted molar refractivity (Wildman–Crippen MR) is 62.6 cm³/mol. The molecule has 1 aliphatic heterocycles. The molecule has 90 valence electrons. The van der Waals surface area contributed by atoms with Gasteiger partial charge in [-0.3, -0.25) is 4.79 Å². The minimum atomic E-state index is -0.0967. The summed E-state index contributed by atoms with van der Waals surface area (Å²) in [5.74, 6) is 0.453. The highest BCUT2D eigenvalue weighted by atomic mass is 16.2. The molecule has 0 aliphatic carbocycles. The van der Waals surface area contributed by atoms with Gasteiger partial charge in [0.05, 0.1) is 18.0 Å². The molecule has 1 fully saturated rings. The zero-order chi connectivity index (χ0) is 12.1. The normalized spacial score (nSPS) is 26.1. The van der Waals surface area contributed by atoms with E-state index in [4.69, 9.17) is 5.26 Å². The second-order valence-electron chi connectivity index (χ2n) is 4.60. The second kappa shape index (κ2) is 5.86. The molecule has 16 heavy (non-hydrogen) atoms. The Balaban J connectivity index is 2.59. The summed E-state index contributed by atoms with van der Waals surface area (Å²) in [6.07, 6.45) is 1.06. The summed E-state index contributed by atoms with van der Waals surface area (Å²) in [4.78, 5) is 14.0. The Morgan fingerprint density at radius 2 is 2.38 bits per heavy atom. The maximum Gasteiger partial charge on any atom is 0.240 e. The predicted octanol–water partition coefficient (Wildman–Crippen LogP) is 0.993. The molecule has 0 aromatic carbocycles. The van der Waals surface area contributed by atoms with Crippen LogP contribution in [-0.4, -0.2) is 36.5 Å². The Morgan fingerprint density at radius 1 is 1.69 bits per heavy atom. The molecule has 3 unspecified atom stereocenters. The Labute approximate surface area is 97.6 Å². The van der Waals surface area contributed by atoms with Gasteiger partial charge in [-0.05, 0) is 32.7 Å². The van der Waals surface area contributed by atoms with Crippen LogP contribution in [0.15, 0.2) is 0 Å². The zero-order valence-corrected chi connectivity index (χ0v) is 10.4. The SMILES string of the molecule is CCN(CC(C)C#N)C(=O)C1NCCC1C. The molecule has 0 saturated carbocycles. The molecule has 1 amide bonds. The largest absolute Gasteiger partial charge is 0.340 e. The van der Waals surface area contributed by atoms with Crippen LogP contribution in [-0.2, 0) is 4.79 Å². The first-order chi connectivity index (χ1) is 7.60. The van der Waals surface area contributed by atoms with Crippen LogP contribution in [0.3, 0.4) is 0 Å². The van der Waals surface area contributed by atoms with Crippen LogP contribution in [0.4, 0.5) is 0 Å². The summed E-state index contributed by atoms with van der Waals surface area (Å²) < 4.78 is 0. The average Bonchev–Trinajstić information content (AvgIpc) is 2.71. The molecule has 1 saturated heterocycles. The van der Waals surface area contributed by atoms with E-state index in [1.165, 1.54) is 0 Å². The molecule has 1 heterocycles. The highest BCUT2D eigenvalue weighted by molar-refractivity contribution is 5.82. The lowest BCUT2D eigenvalue weighted by Crippen LogP contribution is -2.47. The van der Waals surface area contributed by atoms with Crippen LogP contribution in [0, 0.1) is 23.2 Å². The third-order valence-electron chi connectivity index (χ3n) is 3.21. The minimum Gasteiger partial charge on any atom is -0.340 e. The van der Waals surface area contributed by atoms with Gasteiger partial charge in [-0.25, -0.2) is 0 Å². The molecule has 1 aliphatic rings. The number of hydrogen-bond donors (Lipinski definition) is 1. The van der Waals surface area contributed by atoms with Crippen LogP contribution in [0.2, 0.25) is 0 Å². The summed E-state index contributed by atoms with van der Waals surface area (Å²) in [6, 6.07) is 2.12. The second-order valence-corrected chi connectivity index (χ2v) is 4.60. The highest BCUT2D eigenvalue weighted by Crippen LogP contribution is 2.17. The first kappa shape index (κ1) is 13.0. The molecule has 0 spiro atoms. The molecular weight excluding hydrogens is 202 g/mol. The van der Waals surface area contributed by atoms with E-state index < -0.39 is 0 Å². The molecule has 4 nitrogen and oxygen atoms in total. The van der Waals surface area contributed by atoms with E-state index in [2.05, 4.69) is 18.3 Å². The van der Waals surface area contributed by atoms with Crippen LogP contribution in [0.1, 0.15) is 27.2 Å². The van der Waals surface area contributed by atoms with Gasteiger partial charge in [0, 0.05) is 13.1 Å². The Morgan fingerprint density at radius 3 is 2.81 bits per heavy atom. The third-order valence-corrected chi connectivity index (χ3v) is 3.21. The first-order valence-corrected chi connectivity index (χ1v) is 6.02. The van der Waals surface area contributed by atoms with E-state index >= 15 is 0 Å². The standard InChI is InChI=1S/C12H21N3O/c1-4-15(8-9(2)7-13)12(16)11-10(3)5-6-14-11/h9-11,14H,4-6,8H2,1-3H3. The van der Waals surface area contributed by atoms with E-state index in [-0.39, 0.29) is 17.9 Å². The van der Waals surface area contributed by atoms with Gasteiger partial charge in [0.2, 0.25) is 5.91 Å². The monoisotopic (exact) mass is 223 g/mol. The summed E-state index contributed by atoms with van der Waals surface area (Å²) in [7, 11) is 0. The van der Waals surface area contributed by atoms with E-state index in [1.807, 2.05) is 13.8 Å². The van der Waals surface area contributed by atoms with Crippen molar-refractivity contribution < 1.29 is 4.79 Å². The number of nitrogens with one attached hydrogen (secondary N) is 1. The Bertz CT molecular complexity index is 284. The third kappa shape index (κ3) is 2.96. The molecule has 0 radical (unpaired) electrons. The van der Waals surface area contributed by atoms with Gasteiger partial charge in [-0.2, -0.15) is 5.26 Å². The molecule has 1 rings (SSSR count). The summed E-state index contributed by atoms with van der Waals surface area (Å²) >= 11 is 0. The topological polar surface area (TPSA) is 56.1 Å². The molecule has 4 heteroatoms. The summed E-state index contributed by atoms with van der Waals surface area (Å²) in [6.45, 7) is 8.04. The summed E-state index contributed by atoms with van der Waals surface area (Å²) in [5, 5.41) is 12.0. The first-order valence-electron chi connectivity index (χ1n) is 6.02. The zero-order valence-electron chi connectivity index (χ0n) is 10.4. The van der Waals surface area contributed by atoms with E-state index in [1.54, 1.807) is 4.90 Å². The maximum absolute atomic E-state index is 12.2. The molecule has 1 N–H and O–H groups in total. The van der Waals surface area contributed by atoms with Crippen molar-refractivity contribution in [2.45, 2.75) is 33.2 Å². The van der Waals surface area contributed by atoms with Gasteiger partial charge in [0.25, 0.3) is 0 Å². The quantitative estimate of drug-likeness (QED) is 0.773. The lowest BCUT2D eigenvalue weighted by Gasteiger charge is -2.27. The Kier molecular flexibility index (Phi) is 4.75. The van der Waals surface area contributed by atoms with Crippen LogP contribution < -0.4 is 5.32 Å². The van der Waals surface area contributed by atoms with E-state index in [0.717, 1.165) is 13.0 Å². The number of carbonyl (C=O) groups excluding carboxylic acids is 1.